The molecule has 0 bridgehead atoms. The van der Waals surface area contributed by atoms with Crippen LogP contribution in [0.2, 0.25) is 0 Å². The number of benzene rings is 1. The van der Waals surface area contributed by atoms with Crippen LogP contribution >= 0.6 is 0 Å². The number of nitrogens with zero attached hydrogens (tertiary/aromatic N) is 4. The standard InChI is InChI=1S/C18H23FN4O2/c19-15-5-3-4-14(10-15)8-9-22(17-6-1-2-7-17)11-16-12-23(21-20-16)13-18(24)25/h3-5,10,12,17H,1-2,6-9,11,13H2,(H,24,25). The van der Waals surface area contributed by atoms with Gasteiger partial charge in [-0.1, -0.05) is 30.2 Å². The van der Waals surface area contributed by atoms with E-state index in [1.165, 1.54) is 23.6 Å². The Morgan fingerprint density at radius 3 is 2.88 bits per heavy atom. The predicted octanol–water partition coefficient (Wildman–Crippen LogP) is 2.49. The lowest BCUT2D eigenvalue weighted by atomic mass is 10.1. The van der Waals surface area contributed by atoms with E-state index >= 15 is 0 Å². The first kappa shape index (κ1) is 17.5. The van der Waals surface area contributed by atoms with E-state index < -0.39 is 5.97 Å². The van der Waals surface area contributed by atoms with Crippen LogP contribution in [0.5, 0.6) is 0 Å². The molecule has 0 unspecified atom stereocenters. The molecule has 0 spiro atoms. The molecule has 2 aromatic rings. The summed E-state index contributed by atoms with van der Waals surface area (Å²) in [7, 11) is 0. The van der Waals surface area contributed by atoms with Crippen molar-refractivity contribution in [3.05, 3.63) is 47.5 Å². The molecule has 0 aliphatic heterocycles. The lowest BCUT2D eigenvalue weighted by Crippen LogP contribution is -2.34. The number of aromatic nitrogens is 3. The van der Waals surface area contributed by atoms with E-state index in [9.17, 15) is 9.18 Å². The SMILES string of the molecule is O=C(O)Cn1cc(CN(CCc2cccc(F)c2)C2CCCC2)nn1. The number of hydrogen-bond acceptors (Lipinski definition) is 4. The zero-order valence-electron chi connectivity index (χ0n) is 14.1. The summed E-state index contributed by atoms with van der Waals surface area (Å²) in [5, 5.41) is 16.8. The number of carboxylic acids is 1. The topological polar surface area (TPSA) is 71.2 Å². The molecule has 1 N–H and O–H groups in total. The van der Waals surface area contributed by atoms with Crippen LogP contribution in [-0.4, -0.2) is 43.6 Å². The Morgan fingerprint density at radius 1 is 1.36 bits per heavy atom. The zero-order chi connectivity index (χ0) is 17.6. The fraction of sp³-hybridized carbons (Fsp3) is 0.500. The van der Waals surface area contributed by atoms with Crippen molar-refractivity contribution in [1.29, 1.82) is 0 Å². The van der Waals surface area contributed by atoms with E-state index in [0.717, 1.165) is 37.1 Å². The molecular formula is C18H23FN4O2. The normalized spacial score (nSPS) is 15.1. The van der Waals surface area contributed by atoms with Gasteiger partial charge in [0, 0.05) is 19.1 Å². The highest BCUT2D eigenvalue weighted by atomic mass is 19.1. The third kappa shape index (κ3) is 5.09. The third-order valence-electron chi connectivity index (χ3n) is 4.67. The van der Waals surface area contributed by atoms with Gasteiger partial charge in [0.15, 0.2) is 0 Å². The second-order valence-electron chi connectivity index (χ2n) is 6.59. The fourth-order valence-corrected chi connectivity index (χ4v) is 3.46. The molecule has 3 rings (SSSR count). The van der Waals surface area contributed by atoms with Gasteiger partial charge in [0.1, 0.15) is 12.4 Å². The van der Waals surface area contributed by atoms with Gasteiger partial charge in [0.05, 0.1) is 11.9 Å². The van der Waals surface area contributed by atoms with Crippen molar-refractivity contribution in [2.75, 3.05) is 6.54 Å². The van der Waals surface area contributed by atoms with Crippen molar-refractivity contribution in [2.24, 2.45) is 0 Å². The van der Waals surface area contributed by atoms with Crippen LogP contribution in [0, 0.1) is 5.82 Å². The van der Waals surface area contributed by atoms with Gasteiger partial charge in [-0.05, 0) is 37.0 Å². The van der Waals surface area contributed by atoms with Crippen molar-refractivity contribution in [1.82, 2.24) is 19.9 Å². The molecular weight excluding hydrogens is 323 g/mol. The number of carboxylic acid groups (broad SMARTS) is 1. The van der Waals surface area contributed by atoms with Crippen LogP contribution < -0.4 is 0 Å². The summed E-state index contributed by atoms with van der Waals surface area (Å²) in [6.07, 6.45) is 7.24. The Bertz CT molecular complexity index is 713. The molecule has 1 fully saturated rings. The highest BCUT2D eigenvalue weighted by Crippen LogP contribution is 2.25. The number of halogens is 1. The lowest BCUT2D eigenvalue weighted by molar-refractivity contribution is -0.137. The molecule has 0 saturated heterocycles. The quantitative estimate of drug-likeness (QED) is 0.795. The molecule has 1 aliphatic carbocycles. The Balaban J connectivity index is 1.64. The van der Waals surface area contributed by atoms with E-state index in [4.69, 9.17) is 5.11 Å². The molecule has 1 aromatic heterocycles. The Morgan fingerprint density at radius 2 is 2.16 bits per heavy atom. The molecule has 1 aromatic carbocycles. The summed E-state index contributed by atoms with van der Waals surface area (Å²) in [6, 6.07) is 7.22. The predicted molar refractivity (Wildman–Crippen MR) is 90.4 cm³/mol. The summed E-state index contributed by atoms with van der Waals surface area (Å²) >= 11 is 0. The van der Waals surface area contributed by atoms with Crippen LogP contribution in [-0.2, 0) is 24.3 Å². The minimum atomic E-state index is -0.935. The molecule has 134 valence electrons. The van der Waals surface area contributed by atoms with E-state index in [-0.39, 0.29) is 12.4 Å². The smallest absolute Gasteiger partial charge is 0.325 e. The van der Waals surface area contributed by atoms with Crippen LogP contribution in [0.15, 0.2) is 30.5 Å². The summed E-state index contributed by atoms with van der Waals surface area (Å²) in [6.45, 7) is 1.28. The maximum atomic E-state index is 13.4. The second-order valence-corrected chi connectivity index (χ2v) is 6.59. The molecule has 1 heterocycles. The minimum absolute atomic E-state index is 0.181. The molecule has 6 nitrogen and oxygen atoms in total. The molecule has 25 heavy (non-hydrogen) atoms. The van der Waals surface area contributed by atoms with Crippen molar-refractivity contribution in [3.63, 3.8) is 0 Å². The summed E-state index contributed by atoms with van der Waals surface area (Å²) in [5.41, 5.74) is 1.75. The van der Waals surface area contributed by atoms with Gasteiger partial charge in [-0.25, -0.2) is 9.07 Å². The van der Waals surface area contributed by atoms with Gasteiger partial charge < -0.3 is 5.11 Å². The first-order valence-corrected chi connectivity index (χ1v) is 8.69. The van der Waals surface area contributed by atoms with E-state index in [1.54, 1.807) is 18.3 Å². The van der Waals surface area contributed by atoms with Gasteiger partial charge in [-0.15, -0.1) is 5.10 Å². The number of aliphatic carboxylic acids is 1. The molecule has 7 heteroatoms. The fourth-order valence-electron chi connectivity index (χ4n) is 3.46. The Labute approximate surface area is 146 Å². The second kappa shape index (κ2) is 8.20. The van der Waals surface area contributed by atoms with Crippen LogP contribution in [0.3, 0.4) is 0 Å². The Kier molecular flexibility index (Phi) is 5.75. The van der Waals surface area contributed by atoms with Crippen LogP contribution in [0.1, 0.15) is 36.9 Å². The monoisotopic (exact) mass is 346 g/mol. The average Bonchev–Trinajstić information content (AvgIpc) is 3.23. The number of carbonyl (C=O) groups is 1. The van der Waals surface area contributed by atoms with Crippen molar-refractivity contribution in [2.45, 2.75) is 51.2 Å². The van der Waals surface area contributed by atoms with Gasteiger partial charge >= 0.3 is 5.97 Å². The highest BCUT2D eigenvalue weighted by Gasteiger charge is 2.23. The molecule has 0 atom stereocenters. The van der Waals surface area contributed by atoms with Crippen molar-refractivity contribution < 1.29 is 14.3 Å². The summed E-state index contributed by atoms with van der Waals surface area (Å²) in [4.78, 5) is 13.1. The molecule has 0 amide bonds. The van der Waals surface area contributed by atoms with Gasteiger partial charge in [0.2, 0.25) is 0 Å². The maximum absolute atomic E-state index is 13.4. The first-order chi connectivity index (χ1) is 12.1. The summed E-state index contributed by atoms with van der Waals surface area (Å²) in [5.74, 6) is -1.14. The Hall–Kier alpha value is -2.28. The van der Waals surface area contributed by atoms with Crippen LogP contribution in [0.25, 0.3) is 0 Å². The van der Waals surface area contributed by atoms with E-state index in [2.05, 4.69) is 15.2 Å². The molecule has 0 radical (unpaired) electrons. The minimum Gasteiger partial charge on any atom is -0.480 e. The van der Waals surface area contributed by atoms with Crippen molar-refractivity contribution >= 4 is 5.97 Å². The van der Waals surface area contributed by atoms with E-state index in [0.29, 0.717) is 12.6 Å². The van der Waals surface area contributed by atoms with Crippen molar-refractivity contribution in [3.8, 4) is 0 Å². The zero-order valence-corrected chi connectivity index (χ0v) is 14.1. The third-order valence-corrected chi connectivity index (χ3v) is 4.67. The highest BCUT2D eigenvalue weighted by molar-refractivity contribution is 5.66. The van der Waals surface area contributed by atoms with E-state index in [1.807, 2.05) is 6.07 Å². The largest absolute Gasteiger partial charge is 0.480 e. The average molecular weight is 346 g/mol. The summed E-state index contributed by atoms with van der Waals surface area (Å²) < 4.78 is 14.7. The van der Waals surface area contributed by atoms with Gasteiger partial charge in [0.25, 0.3) is 0 Å². The first-order valence-electron chi connectivity index (χ1n) is 8.69. The molecule has 1 saturated carbocycles. The lowest BCUT2D eigenvalue weighted by Gasteiger charge is -2.28. The number of rotatable bonds is 8. The van der Waals surface area contributed by atoms with Gasteiger partial charge in [-0.2, -0.15) is 0 Å². The maximum Gasteiger partial charge on any atom is 0.325 e. The number of hydrogen-bond donors (Lipinski definition) is 1. The molecule has 1 aliphatic rings. The van der Waals surface area contributed by atoms with Gasteiger partial charge in [-0.3, -0.25) is 9.69 Å². The van der Waals surface area contributed by atoms with Crippen LogP contribution in [0.4, 0.5) is 4.39 Å².